The third-order valence-corrected chi connectivity index (χ3v) is 3.75. The minimum Gasteiger partial charge on any atom is -0.367 e. The van der Waals surface area contributed by atoms with Crippen molar-refractivity contribution in [1.82, 2.24) is 10.1 Å². The van der Waals surface area contributed by atoms with E-state index in [0.29, 0.717) is 24.2 Å². The molecule has 5 heteroatoms. The topological polar surface area (TPSA) is 48.2 Å². The van der Waals surface area contributed by atoms with Crippen molar-refractivity contribution in [3.8, 4) is 0 Å². The molecule has 1 saturated carbocycles. The first-order chi connectivity index (χ1) is 8.57. The summed E-state index contributed by atoms with van der Waals surface area (Å²) in [5.41, 5.74) is -0.375. The summed E-state index contributed by atoms with van der Waals surface area (Å²) in [5.74, 6) is 1.77. The number of rotatable bonds is 4. The predicted molar refractivity (Wildman–Crippen MR) is 69.5 cm³/mol. The predicted octanol–water partition coefficient (Wildman–Crippen LogP) is 3.81. The molecule has 0 N–H and O–H groups in total. The van der Waals surface area contributed by atoms with Crippen LogP contribution in [0, 0.1) is 5.92 Å². The number of nitrogens with zero attached hydrogens (tertiary/aromatic N) is 2. The van der Waals surface area contributed by atoms with E-state index in [0.717, 1.165) is 19.3 Å². The van der Waals surface area contributed by atoms with E-state index in [9.17, 15) is 0 Å². The average Bonchev–Trinajstić information content (AvgIpc) is 2.79. The van der Waals surface area contributed by atoms with E-state index in [1.807, 2.05) is 13.8 Å². The van der Waals surface area contributed by atoms with Gasteiger partial charge in [0.25, 0.3) is 0 Å². The molecule has 1 aromatic heterocycles. The van der Waals surface area contributed by atoms with Gasteiger partial charge in [-0.2, -0.15) is 4.98 Å². The lowest BCUT2D eigenvalue weighted by Gasteiger charge is -2.37. The summed E-state index contributed by atoms with van der Waals surface area (Å²) in [6.07, 6.45) is 4.30. The zero-order chi connectivity index (χ0) is 13.2. The summed E-state index contributed by atoms with van der Waals surface area (Å²) in [5, 5.41) is 3.83. The van der Waals surface area contributed by atoms with Crippen LogP contribution < -0.4 is 0 Å². The minimum atomic E-state index is -0.375. The Labute approximate surface area is 113 Å². The molecule has 0 saturated heterocycles. The molecule has 2 rings (SSSR count). The third-order valence-electron chi connectivity index (χ3n) is 3.57. The third kappa shape index (κ3) is 2.69. The number of aromatic nitrogens is 2. The van der Waals surface area contributed by atoms with Crippen molar-refractivity contribution >= 4 is 11.6 Å². The van der Waals surface area contributed by atoms with Crippen LogP contribution >= 0.6 is 11.6 Å². The van der Waals surface area contributed by atoms with Crippen LogP contribution in [0.3, 0.4) is 0 Å². The number of alkyl halides is 1. The van der Waals surface area contributed by atoms with E-state index < -0.39 is 0 Å². The highest BCUT2D eigenvalue weighted by molar-refractivity contribution is 6.20. The molecule has 0 bridgehead atoms. The molecule has 0 aromatic carbocycles. The summed E-state index contributed by atoms with van der Waals surface area (Å²) in [4.78, 5) is 4.42. The van der Waals surface area contributed by atoms with Gasteiger partial charge in [-0.1, -0.05) is 18.5 Å². The normalized spacial score (nSPS) is 30.3. The molecule has 1 heterocycles. The van der Waals surface area contributed by atoms with Gasteiger partial charge in [0.2, 0.25) is 11.7 Å². The van der Waals surface area contributed by atoms with E-state index in [1.165, 1.54) is 6.42 Å². The Bertz CT molecular complexity index is 390. The summed E-state index contributed by atoms with van der Waals surface area (Å²) in [6, 6.07) is 0. The molecule has 3 atom stereocenters. The first kappa shape index (κ1) is 13.8. The highest BCUT2D eigenvalue weighted by atomic mass is 35.5. The fourth-order valence-electron chi connectivity index (χ4n) is 2.76. The molecule has 18 heavy (non-hydrogen) atoms. The number of hydrogen-bond acceptors (Lipinski definition) is 4. The lowest BCUT2D eigenvalue weighted by atomic mass is 9.78. The maximum atomic E-state index is 5.99. The zero-order valence-corrected chi connectivity index (χ0v) is 12.0. The molecule has 1 fully saturated rings. The monoisotopic (exact) mass is 272 g/mol. The van der Waals surface area contributed by atoms with Crippen LogP contribution in [0.15, 0.2) is 4.52 Å². The first-order valence-electron chi connectivity index (χ1n) is 6.69. The van der Waals surface area contributed by atoms with Crippen LogP contribution in [0.1, 0.15) is 63.5 Å². The maximum absolute atomic E-state index is 5.99. The van der Waals surface area contributed by atoms with Crippen molar-refractivity contribution in [3.63, 3.8) is 0 Å². The van der Waals surface area contributed by atoms with Crippen molar-refractivity contribution in [2.24, 2.45) is 5.92 Å². The van der Waals surface area contributed by atoms with Gasteiger partial charge in [0.1, 0.15) is 11.0 Å². The van der Waals surface area contributed by atoms with Crippen molar-refractivity contribution < 1.29 is 9.26 Å². The van der Waals surface area contributed by atoms with Crippen LogP contribution in [0.4, 0.5) is 0 Å². The second-order valence-corrected chi connectivity index (χ2v) is 5.86. The fraction of sp³-hybridized carbons (Fsp3) is 0.846. The molecule has 3 unspecified atom stereocenters. The van der Waals surface area contributed by atoms with Crippen molar-refractivity contribution in [3.05, 3.63) is 11.7 Å². The minimum absolute atomic E-state index is 0.258. The van der Waals surface area contributed by atoms with Gasteiger partial charge in [-0.3, -0.25) is 0 Å². The van der Waals surface area contributed by atoms with Crippen molar-refractivity contribution in [2.75, 3.05) is 6.61 Å². The van der Waals surface area contributed by atoms with Gasteiger partial charge in [0, 0.05) is 6.61 Å². The molecule has 1 aliphatic rings. The fourth-order valence-corrected chi connectivity index (χ4v) is 2.85. The lowest BCUT2D eigenvalue weighted by Crippen LogP contribution is -2.36. The van der Waals surface area contributed by atoms with Gasteiger partial charge in [0.05, 0.1) is 0 Å². The van der Waals surface area contributed by atoms with Gasteiger partial charge in [-0.25, -0.2) is 0 Å². The number of halogens is 1. The Morgan fingerprint density at radius 3 is 2.94 bits per heavy atom. The van der Waals surface area contributed by atoms with Crippen LogP contribution in [0.25, 0.3) is 0 Å². The maximum Gasteiger partial charge on any atom is 0.244 e. The van der Waals surface area contributed by atoms with E-state index in [-0.39, 0.29) is 11.0 Å². The molecule has 0 aliphatic heterocycles. The van der Waals surface area contributed by atoms with Crippen LogP contribution in [0.2, 0.25) is 0 Å². The smallest absolute Gasteiger partial charge is 0.244 e. The summed E-state index contributed by atoms with van der Waals surface area (Å²) in [6.45, 7) is 6.74. The standard InChI is InChI=1S/C13H21ClN2O2/c1-4-17-13(7-5-6-9(2)8-13)12-15-11(10(3)14)18-16-12/h9-10H,4-8H2,1-3H3. The highest BCUT2D eigenvalue weighted by Gasteiger charge is 2.41. The Morgan fingerprint density at radius 1 is 1.61 bits per heavy atom. The Morgan fingerprint density at radius 2 is 2.39 bits per heavy atom. The summed E-state index contributed by atoms with van der Waals surface area (Å²) < 4.78 is 11.2. The van der Waals surface area contributed by atoms with Crippen molar-refractivity contribution in [1.29, 1.82) is 0 Å². The van der Waals surface area contributed by atoms with Crippen LogP contribution in [-0.4, -0.2) is 16.7 Å². The van der Waals surface area contributed by atoms with E-state index in [1.54, 1.807) is 0 Å². The second-order valence-electron chi connectivity index (χ2n) is 5.20. The van der Waals surface area contributed by atoms with E-state index >= 15 is 0 Å². The molecule has 4 nitrogen and oxygen atoms in total. The van der Waals surface area contributed by atoms with Gasteiger partial charge in [-0.15, -0.1) is 11.6 Å². The molecule has 1 aliphatic carbocycles. The average molecular weight is 273 g/mol. The second kappa shape index (κ2) is 5.57. The van der Waals surface area contributed by atoms with E-state index in [4.69, 9.17) is 20.9 Å². The zero-order valence-electron chi connectivity index (χ0n) is 11.3. The molecule has 102 valence electrons. The Kier molecular flexibility index (Phi) is 4.28. The summed E-state index contributed by atoms with van der Waals surface area (Å²) in [7, 11) is 0. The molecular formula is C13H21ClN2O2. The Hall–Kier alpha value is -0.610. The summed E-state index contributed by atoms with van der Waals surface area (Å²) >= 11 is 5.97. The van der Waals surface area contributed by atoms with Crippen molar-refractivity contribution in [2.45, 2.75) is 57.4 Å². The molecular weight excluding hydrogens is 252 g/mol. The largest absolute Gasteiger partial charge is 0.367 e. The molecule has 1 aromatic rings. The van der Waals surface area contributed by atoms with Gasteiger partial charge >= 0.3 is 0 Å². The quantitative estimate of drug-likeness (QED) is 0.782. The number of ether oxygens (including phenoxy) is 1. The number of hydrogen-bond donors (Lipinski definition) is 0. The Balaban J connectivity index is 2.27. The molecule has 0 radical (unpaired) electrons. The molecule has 0 amide bonds. The van der Waals surface area contributed by atoms with Crippen LogP contribution in [-0.2, 0) is 10.3 Å². The van der Waals surface area contributed by atoms with Gasteiger partial charge in [-0.05, 0) is 39.0 Å². The van der Waals surface area contributed by atoms with Gasteiger partial charge < -0.3 is 9.26 Å². The SMILES string of the molecule is CCOC1(c2noc(C(C)Cl)n2)CCCC(C)C1. The first-order valence-corrected chi connectivity index (χ1v) is 7.13. The highest BCUT2D eigenvalue weighted by Crippen LogP contribution is 2.42. The molecule has 0 spiro atoms. The van der Waals surface area contributed by atoms with E-state index in [2.05, 4.69) is 17.1 Å². The lowest BCUT2D eigenvalue weighted by molar-refractivity contribution is -0.0891. The van der Waals surface area contributed by atoms with Crippen LogP contribution in [0.5, 0.6) is 0 Å². The van der Waals surface area contributed by atoms with Gasteiger partial charge in [0.15, 0.2) is 0 Å².